The molecule has 0 saturated carbocycles. The fourth-order valence-corrected chi connectivity index (χ4v) is 4.50. The van der Waals surface area contributed by atoms with Gasteiger partial charge in [0.1, 0.15) is 6.61 Å². The Morgan fingerprint density at radius 2 is 1.32 bits per heavy atom. The summed E-state index contributed by atoms with van der Waals surface area (Å²) < 4.78 is 18.3. The second kappa shape index (κ2) is 9.05. The lowest BCUT2D eigenvalue weighted by molar-refractivity contribution is 0.105. The molecular weight excluding hydrogens is 367 g/mol. The highest BCUT2D eigenvalue weighted by molar-refractivity contribution is 7.60. The van der Waals surface area contributed by atoms with Crippen LogP contribution in [0.4, 0.5) is 0 Å². The molecule has 1 unspecified atom stereocenters. The van der Waals surface area contributed by atoms with Crippen LogP contribution in [0.3, 0.4) is 0 Å². The maximum atomic E-state index is 12.8. The fourth-order valence-electron chi connectivity index (χ4n) is 3.57. The van der Waals surface area contributed by atoms with E-state index in [1.54, 1.807) is 0 Å². The number of hydrogen-bond donors (Lipinski definition) is 0. The Bertz CT molecular complexity index is 919. The van der Waals surface area contributed by atoms with Gasteiger partial charge in [-0.2, -0.15) is 0 Å². The van der Waals surface area contributed by atoms with Crippen LogP contribution in [0, 0.1) is 20.8 Å². The predicted molar refractivity (Wildman–Crippen MR) is 113 cm³/mol. The minimum Gasteiger partial charge on any atom is -0.231 e. The summed E-state index contributed by atoms with van der Waals surface area (Å²) >= 11 is 0. The van der Waals surface area contributed by atoms with Gasteiger partial charge in [0.15, 0.2) is 0 Å². The topological polar surface area (TPSA) is 43.4 Å². The van der Waals surface area contributed by atoms with Gasteiger partial charge in [-0.05, 0) is 47.6 Å². The Morgan fingerprint density at radius 3 is 1.79 bits per heavy atom. The number of aryl methyl sites for hydroxylation is 3. The van der Waals surface area contributed by atoms with Crippen molar-refractivity contribution >= 4 is 13.6 Å². The van der Waals surface area contributed by atoms with Crippen molar-refractivity contribution in [2.24, 2.45) is 0 Å². The average molecular weight is 391 g/mol. The van der Waals surface area contributed by atoms with Crippen LogP contribution in [0.2, 0.25) is 0 Å². The van der Waals surface area contributed by atoms with Crippen LogP contribution in [0.5, 0.6) is 0 Å². The second-order valence-electron chi connectivity index (χ2n) is 7.01. The second-order valence-corrected chi connectivity index (χ2v) is 8.18. The Balaban J connectivity index is 1.80. The van der Waals surface area contributed by atoms with E-state index in [-0.39, 0.29) is 12.5 Å². The van der Waals surface area contributed by atoms with Crippen molar-refractivity contribution < 1.29 is 13.9 Å². The highest BCUT2D eigenvalue weighted by atomic mass is 31.1. The number of carbonyl (C=O) groups is 1. The summed E-state index contributed by atoms with van der Waals surface area (Å²) in [5.41, 5.74) is 4.93. The summed E-state index contributed by atoms with van der Waals surface area (Å²) in [5, 5.41) is 0. The molecule has 0 N–H and O–H groups in total. The highest BCUT2D eigenvalue weighted by Crippen LogP contribution is 2.35. The summed E-state index contributed by atoms with van der Waals surface area (Å²) in [6.45, 7) is 5.90. The van der Waals surface area contributed by atoms with Crippen molar-refractivity contribution in [3.63, 3.8) is 0 Å². The normalized spacial score (nSPS) is 11.5. The van der Waals surface area contributed by atoms with Crippen LogP contribution in [0.1, 0.15) is 44.1 Å². The zero-order chi connectivity index (χ0) is 20.1. The summed E-state index contributed by atoms with van der Waals surface area (Å²) in [6, 6.07) is 23.7. The minimum atomic E-state index is -2.46. The average Bonchev–Trinajstić information content (AvgIpc) is 2.68. The van der Waals surface area contributed by atoms with Gasteiger partial charge in [0.05, 0.1) is 5.56 Å². The van der Waals surface area contributed by atoms with Crippen LogP contribution < -0.4 is 0 Å². The van der Waals surface area contributed by atoms with Gasteiger partial charge in [-0.3, -0.25) is 0 Å². The molecule has 0 radical (unpaired) electrons. The van der Waals surface area contributed by atoms with E-state index in [4.69, 9.17) is 4.52 Å². The largest absolute Gasteiger partial charge is 0.593 e. The molecule has 0 aliphatic carbocycles. The maximum absolute atomic E-state index is 12.8. The van der Waals surface area contributed by atoms with E-state index < -0.39 is 13.6 Å². The first-order valence-electron chi connectivity index (χ1n) is 9.29. The molecule has 4 heteroatoms. The molecule has 3 aromatic rings. The number of carbonyl (C=O) groups excluding carboxylic acids is 1. The van der Waals surface area contributed by atoms with E-state index >= 15 is 0 Å². The minimum absolute atomic E-state index is 0.0886. The molecule has 1 atom stereocenters. The predicted octanol–water partition coefficient (Wildman–Crippen LogP) is 6.34. The van der Waals surface area contributed by atoms with Gasteiger partial charge in [-0.15, -0.1) is 4.52 Å². The molecule has 0 amide bonds. The third-order valence-electron chi connectivity index (χ3n) is 4.82. The van der Waals surface area contributed by atoms with E-state index in [1.165, 1.54) is 0 Å². The van der Waals surface area contributed by atoms with E-state index in [0.717, 1.165) is 27.8 Å². The van der Waals surface area contributed by atoms with Gasteiger partial charge < -0.3 is 0 Å². The highest BCUT2D eigenvalue weighted by Gasteiger charge is 2.36. The number of benzene rings is 3. The van der Waals surface area contributed by atoms with Gasteiger partial charge in [0.25, 0.3) is 0 Å². The van der Waals surface area contributed by atoms with Crippen molar-refractivity contribution in [3.8, 4) is 0 Å². The first kappa shape index (κ1) is 20.1. The molecule has 0 heterocycles. The molecule has 0 aliphatic rings. The van der Waals surface area contributed by atoms with Crippen molar-refractivity contribution in [2.45, 2.75) is 26.7 Å². The van der Waals surface area contributed by atoms with Crippen LogP contribution in [-0.4, -0.2) is 12.1 Å². The zero-order valence-electron chi connectivity index (χ0n) is 16.4. The van der Waals surface area contributed by atoms with Crippen molar-refractivity contribution in [2.75, 3.05) is 6.61 Å². The Labute approximate surface area is 167 Å². The standard InChI is InChI=1S/C24H24O3P/c1-17-14-18(2)23(19(3)15-17)24(25)28(26)27-16-22(20-10-6-4-7-11-20)21-12-8-5-9-13-21/h4-15,22H,16H2,1-3H3/q+1. The van der Waals surface area contributed by atoms with Crippen LogP contribution in [0.25, 0.3) is 0 Å². The van der Waals surface area contributed by atoms with Gasteiger partial charge in [0.2, 0.25) is 0 Å². The molecule has 0 fully saturated rings. The maximum Gasteiger partial charge on any atom is 0.593 e. The molecule has 3 rings (SSSR count). The smallest absolute Gasteiger partial charge is 0.231 e. The van der Waals surface area contributed by atoms with Gasteiger partial charge >= 0.3 is 13.6 Å². The first-order chi connectivity index (χ1) is 13.5. The monoisotopic (exact) mass is 391 g/mol. The fraction of sp³-hybridized carbons (Fsp3) is 0.208. The number of hydrogen-bond acceptors (Lipinski definition) is 3. The lowest BCUT2D eigenvalue weighted by Crippen LogP contribution is -2.09. The summed E-state index contributed by atoms with van der Waals surface area (Å²) in [5.74, 6) is -0.0886. The quantitative estimate of drug-likeness (QED) is 0.441. The third-order valence-corrected chi connectivity index (χ3v) is 5.76. The van der Waals surface area contributed by atoms with E-state index in [2.05, 4.69) is 0 Å². The number of rotatable bonds is 7. The SMILES string of the molecule is Cc1cc(C)c(C(=O)[P+](=O)OCC(c2ccccc2)c2ccccc2)c(C)c1. The molecule has 3 nitrogen and oxygen atoms in total. The van der Waals surface area contributed by atoms with Crippen molar-refractivity contribution in [1.82, 2.24) is 0 Å². The van der Waals surface area contributed by atoms with E-state index in [9.17, 15) is 9.36 Å². The molecule has 3 aromatic carbocycles. The van der Waals surface area contributed by atoms with Crippen LogP contribution in [-0.2, 0) is 9.09 Å². The third kappa shape index (κ3) is 4.62. The Kier molecular flexibility index (Phi) is 6.51. The van der Waals surface area contributed by atoms with Crippen molar-refractivity contribution in [1.29, 1.82) is 0 Å². The van der Waals surface area contributed by atoms with E-state index in [1.807, 2.05) is 93.6 Å². The molecule has 0 aromatic heterocycles. The van der Waals surface area contributed by atoms with Crippen molar-refractivity contribution in [3.05, 3.63) is 106 Å². The molecule has 0 spiro atoms. The Morgan fingerprint density at radius 1 is 0.857 bits per heavy atom. The Hall–Kier alpha value is -2.61. The molecule has 0 saturated heterocycles. The van der Waals surface area contributed by atoms with E-state index in [0.29, 0.717) is 5.56 Å². The summed E-state index contributed by atoms with van der Waals surface area (Å²) in [4.78, 5) is 12.8. The van der Waals surface area contributed by atoms with Crippen LogP contribution in [0.15, 0.2) is 72.8 Å². The summed E-state index contributed by atoms with van der Waals surface area (Å²) in [6.07, 6.45) is 0. The van der Waals surface area contributed by atoms with Crippen LogP contribution >= 0.6 is 8.03 Å². The lowest BCUT2D eigenvalue weighted by Gasteiger charge is -2.15. The molecule has 0 bridgehead atoms. The molecule has 28 heavy (non-hydrogen) atoms. The zero-order valence-corrected chi connectivity index (χ0v) is 17.3. The molecular formula is C24H24O3P+. The van der Waals surface area contributed by atoms with Gasteiger partial charge in [0, 0.05) is 5.92 Å². The first-order valence-corrected chi connectivity index (χ1v) is 10.5. The lowest BCUT2D eigenvalue weighted by atomic mass is 9.92. The van der Waals surface area contributed by atoms with Gasteiger partial charge in [-0.25, -0.2) is 4.79 Å². The molecule has 0 aliphatic heterocycles. The summed E-state index contributed by atoms with van der Waals surface area (Å²) in [7, 11) is -2.46. The molecule has 142 valence electrons. The van der Waals surface area contributed by atoms with Gasteiger partial charge in [-0.1, -0.05) is 78.4 Å².